The molecule has 4 aromatic rings. The summed E-state index contributed by atoms with van der Waals surface area (Å²) in [7, 11) is 0. The van der Waals surface area contributed by atoms with Crippen molar-refractivity contribution in [3.05, 3.63) is 130 Å². The van der Waals surface area contributed by atoms with Crippen molar-refractivity contribution in [3.8, 4) is 11.1 Å². The quantitative estimate of drug-likeness (QED) is 0.140. The van der Waals surface area contributed by atoms with E-state index in [9.17, 15) is 19.8 Å². The van der Waals surface area contributed by atoms with Gasteiger partial charge in [0.05, 0.1) is 22.8 Å². The lowest BCUT2D eigenvalue weighted by molar-refractivity contribution is -0.143. The Hall–Kier alpha value is -6.04. The van der Waals surface area contributed by atoms with E-state index >= 15 is 8.78 Å². The molecule has 2 unspecified atom stereocenters. The number of aliphatic carboxylic acids is 2. The molecule has 4 aromatic carbocycles. The lowest BCUT2D eigenvalue weighted by Gasteiger charge is -2.37. The number of nitrogens with zero attached hydrogens (tertiary/aromatic N) is 2. The van der Waals surface area contributed by atoms with Crippen molar-refractivity contribution in [3.63, 3.8) is 0 Å². The number of rotatable bonds is 5. The Labute approximate surface area is 260 Å². The minimum atomic E-state index is -1.95. The Morgan fingerprint density at radius 1 is 0.630 bits per heavy atom. The highest BCUT2D eigenvalue weighted by molar-refractivity contribution is 6.50. The second-order valence-corrected chi connectivity index (χ2v) is 11.2. The van der Waals surface area contributed by atoms with Crippen LogP contribution in [0.3, 0.4) is 0 Å². The first-order chi connectivity index (χ1) is 22.0. The topological polar surface area (TPSA) is 199 Å². The number of nitrogens with one attached hydrogen (secondary N) is 2. The highest BCUT2D eigenvalue weighted by Crippen LogP contribution is 2.46. The fourth-order valence-corrected chi connectivity index (χ4v) is 6.72. The number of benzene rings is 4. The van der Waals surface area contributed by atoms with Gasteiger partial charge in [-0.1, -0.05) is 72.8 Å². The summed E-state index contributed by atoms with van der Waals surface area (Å²) in [6.45, 7) is 0. The van der Waals surface area contributed by atoms with Gasteiger partial charge in [-0.15, -0.1) is 0 Å². The molecule has 46 heavy (non-hydrogen) atoms. The second-order valence-electron chi connectivity index (χ2n) is 11.2. The monoisotopic (exact) mass is 620 g/mol. The highest BCUT2D eigenvalue weighted by atomic mass is 19.1. The number of carboxylic acid groups (broad SMARTS) is 2. The van der Waals surface area contributed by atoms with E-state index in [0.717, 1.165) is 12.1 Å². The van der Waals surface area contributed by atoms with Crippen LogP contribution in [0.25, 0.3) is 11.1 Å². The van der Waals surface area contributed by atoms with Gasteiger partial charge in [0.2, 0.25) is 0 Å². The summed E-state index contributed by atoms with van der Waals surface area (Å²) in [4.78, 5) is 25.9. The fourth-order valence-electron chi connectivity index (χ4n) is 6.72. The van der Waals surface area contributed by atoms with Gasteiger partial charge in [0.1, 0.15) is 22.5 Å². The molecule has 10 nitrogen and oxygen atoms in total. The average Bonchev–Trinajstić information content (AvgIpc) is 3.05. The zero-order valence-corrected chi connectivity index (χ0v) is 24.0. The van der Waals surface area contributed by atoms with Crippen LogP contribution >= 0.6 is 0 Å². The van der Waals surface area contributed by atoms with E-state index in [1.807, 2.05) is 0 Å². The molecule has 0 aromatic heterocycles. The maximum atomic E-state index is 16.1. The van der Waals surface area contributed by atoms with Gasteiger partial charge in [-0.25, -0.2) is 8.78 Å². The van der Waals surface area contributed by atoms with E-state index in [2.05, 4.69) is 10.2 Å². The third kappa shape index (κ3) is 4.14. The Morgan fingerprint density at radius 2 is 1.00 bits per heavy atom. The van der Waals surface area contributed by atoms with Crippen LogP contribution in [-0.4, -0.2) is 45.0 Å². The number of nitrogens with two attached hydrogens (primary N) is 2. The van der Waals surface area contributed by atoms with Gasteiger partial charge < -0.3 is 21.9 Å². The largest absolute Gasteiger partial charge is 0.480 e. The number of hydrogen-bond acceptors (Lipinski definition) is 8. The predicted octanol–water partition coefficient (Wildman–Crippen LogP) is 4.55. The lowest BCUT2D eigenvalue weighted by atomic mass is 9.64. The van der Waals surface area contributed by atoms with Gasteiger partial charge in [0.25, 0.3) is 0 Å². The van der Waals surface area contributed by atoms with E-state index in [1.165, 1.54) is 36.4 Å². The Kier molecular flexibility index (Phi) is 7.07. The molecule has 0 fully saturated rings. The third-order valence-corrected chi connectivity index (χ3v) is 8.99. The summed E-state index contributed by atoms with van der Waals surface area (Å²) in [5.74, 6) is 6.50. The normalized spacial score (nSPS) is 22.4. The summed E-state index contributed by atoms with van der Waals surface area (Å²) in [6.07, 6.45) is -0.725. The van der Waals surface area contributed by atoms with Gasteiger partial charge >= 0.3 is 11.9 Å². The van der Waals surface area contributed by atoms with E-state index < -0.39 is 34.4 Å². The van der Waals surface area contributed by atoms with Gasteiger partial charge in [-0.2, -0.15) is 10.2 Å². The van der Waals surface area contributed by atoms with Crippen LogP contribution in [0.5, 0.6) is 0 Å². The fraction of sp³-hybridized carbons (Fsp3) is 0.118. The molecular weight excluding hydrogens is 594 g/mol. The third-order valence-electron chi connectivity index (χ3n) is 8.99. The Balaban J connectivity index is 1.47. The van der Waals surface area contributed by atoms with Crippen molar-refractivity contribution >= 4 is 34.8 Å². The molecule has 230 valence electrons. The summed E-state index contributed by atoms with van der Waals surface area (Å²) < 4.78 is 32.1. The number of halogens is 2. The molecule has 0 saturated heterocycles. The van der Waals surface area contributed by atoms with E-state index in [1.54, 1.807) is 36.4 Å². The molecule has 0 amide bonds. The van der Waals surface area contributed by atoms with Crippen molar-refractivity contribution < 1.29 is 28.6 Å². The summed E-state index contributed by atoms with van der Waals surface area (Å²) in [6, 6.07) is 20.3. The standard InChI is InChI=1S/C34H26F2N6O4/c35-25-13-17(9-11-23(25)33(31(43)44)15-27(41-39)29(37)19-5-1-3-7-21(19)33)18-10-12-24(26(36)14-18)34(32(45)46)16-28(42-40)30(38)20-6-2-4-8-22(20)34/h1-14,37-38H,15-16,39-40H2,(H,43,44)(H,45,46). The molecular formula is C34H26F2N6O4. The van der Waals surface area contributed by atoms with Crippen LogP contribution in [0.2, 0.25) is 0 Å². The molecule has 0 aliphatic heterocycles. The Morgan fingerprint density at radius 3 is 1.33 bits per heavy atom. The molecule has 2 aliphatic carbocycles. The van der Waals surface area contributed by atoms with Crippen LogP contribution in [0.15, 0.2) is 95.1 Å². The minimum Gasteiger partial charge on any atom is -0.480 e. The predicted molar refractivity (Wildman–Crippen MR) is 168 cm³/mol. The Bertz CT molecular complexity index is 1930. The van der Waals surface area contributed by atoms with E-state index in [4.69, 9.17) is 22.5 Å². The lowest BCUT2D eigenvalue weighted by Crippen LogP contribution is -2.46. The van der Waals surface area contributed by atoms with Crippen molar-refractivity contribution in [2.24, 2.45) is 21.9 Å². The van der Waals surface area contributed by atoms with E-state index in [-0.39, 0.29) is 80.2 Å². The van der Waals surface area contributed by atoms with Crippen molar-refractivity contribution in [2.45, 2.75) is 23.7 Å². The SMILES string of the molecule is N=C1C(=NN)CC(C(=O)O)(c2ccc(-c3ccc(C4(C(=O)O)CC(=NN)C(=N)c5ccccc54)c(F)c3)cc2F)c2ccccc21. The first-order valence-electron chi connectivity index (χ1n) is 14.0. The van der Waals surface area contributed by atoms with Gasteiger partial charge in [0, 0.05) is 35.1 Å². The molecule has 12 heteroatoms. The zero-order valence-electron chi connectivity index (χ0n) is 24.0. The number of hydrazone groups is 2. The van der Waals surface area contributed by atoms with Gasteiger partial charge in [0.15, 0.2) is 0 Å². The summed E-state index contributed by atoms with van der Waals surface area (Å²) >= 11 is 0. The van der Waals surface area contributed by atoms with Crippen LogP contribution in [0.4, 0.5) is 8.78 Å². The van der Waals surface area contributed by atoms with E-state index in [0.29, 0.717) is 0 Å². The second kappa shape index (κ2) is 10.8. The molecule has 2 aliphatic rings. The van der Waals surface area contributed by atoms with Gasteiger partial charge in [-0.05, 0) is 34.4 Å². The van der Waals surface area contributed by atoms with Crippen LogP contribution in [0.1, 0.15) is 46.2 Å². The smallest absolute Gasteiger partial charge is 0.319 e. The van der Waals surface area contributed by atoms with Gasteiger partial charge in [-0.3, -0.25) is 20.4 Å². The minimum absolute atomic E-state index is 0.00291. The molecule has 0 spiro atoms. The van der Waals surface area contributed by atoms with Crippen molar-refractivity contribution in [1.29, 1.82) is 10.8 Å². The number of carbonyl (C=O) groups is 2. The zero-order chi connectivity index (χ0) is 33.0. The summed E-state index contributed by atoms with van der Waals surface area (Å²) in [5, 5.41) is 45.2. The first kappa shape index (κ1) is 30.0. The summed E-state index contributed by atoms with van der Waals surface area (Å²) in [5.41, 5.74) is -3.04. The van der Waals surface area contributed by atoms with Crippen molar-refractivity contribution in [1.82, 2.24) is 0 Å². The average molecular weight is 621 g/mol. The first-order valence-corrected chi connectivity index (χ1v) is 14.0. The molecule has 2 atom stereocenters. The molecule has 0 radical (unpaired) electrons. The number of carboxylic acids is 2. The maximum absolute atomic E-state index is 16.1. The molecule has 0 saturated carbocycles. The molecule has 8 N–H and O–H groups in total. The highest BCUT2D eigenvalue weighted by Gasteiger charge is 2.51. The molecule has 6 rings (SSSR count). The molecule has 0 bridgehead atoms. The van der Waals surface area contributed by atoms with Crippen LogP contribution in [-0.2, 0) is 20.4 Å². The number of fused-ring (bicyclic) bond motifs is 2. The number of hydrogen-bond donors (Lipinski definition) is 6. The van der Waals surface area contributed by atoms with Crippen molar-refractivity contribution in [2.75, 3.05) is 0 Å². The molecule has 0 heterocycles. The van der Waals surface area contributed by atoms with Crippen LogP contribution in [0, 0.1) is 22.5 Å². The maximum Gasteiger partial charge on any atom is 0.319 e. The van der Waals surface area contributed by atoms with Crippen LogP contribution < -0.4 is 11.7 Å².